The van der Waals surface area contributed by atoms with Gasteiger partial charge in [0, 0.05) is 12.8 Å². The van der Waals surface area contributed by atoms with Gasteiger partial charge < -0.3 is 20.3 Å². The van der Waals surface area contributed by atoms with Gasteiger partial charge in [0.15, 0.2) is 0 Å². The molecule has 0 aromatic rings. The molecule has 0 aromatic carbocycles. The lowest BCUT2D eigenvalue weighted by molar-refractivity contribution is -0.143. The average Bonchev–Trinajstić information content (AvgIpc) is 3.41. The van der Waals surface area contributed by atoms with Crippen molar-refractivity contribution in [3.63, 3.8) is 0 Å². The first kappa shape index (κ1) is 73.6. The smallest absolute Gasteiger partial charge is 0.305 e. The second-order valence-electron chi connectivity index (χ2n) is 23.9. The van der Waals surface area contributed by atoms with Gasteiger partial charge in [-0.3, -0.25) is 9.59 Å². The number of nitrogens with one attached hydrogen (secondary N) is 1. The van der Waals surface area contributed by atoms with Gasteiger partial charge >= 0.3 is 5.97 Å². The predicted octanol–water partition coefficient (Wildman–Crippen LogP) is 22.0. The van der Waals surface area contributed by atoms with Crippen LogP contribution >= 0.6 is 0 Å². The summed E-state index contributed by atoms with van der Waals surface area (Å²) in [5.41, 5.74) is 0. The lowest BCUT2D eigenvalue weighted by Gasteiger charge is -2.22. The number of esters is 1. The Labute approximate surface area is 469 Å². The molecule has 0 fully saturated rings. The molecule has 0 bridgehead atoms. The third-order valence-electron chi connectivity index (χ3n) is 16.3. The van der Waals surface area contributed by atoms with Crippen LogP contribution in [0.15, 0.2) is 12.2 Å². The van der Waals surface area contributed by atoms with Crippen molar-refractivity contribution in [2.75, 3.05) is 13.2 Å². The van der Waals surface area contributed by atoms with Gasteiger partial charge in [0.2, 0.25) is 5.91 Å². The van der Waals surface area contributed by atoms with E-state index in [1.165, 1.54) is 315 Å². The maximum atomic E-state index is 12.5. The highest BCUT2D eigenvalue weighted by atomic mass is 16.5. The number of allylic oxidation sites excluding steroid dienone is 2. The van der Waals surface area contributed by atoms with Crippen molar-refractivity contribution in [3.05, 3.63) is 12.2 Å². The summed E-state index contributed by atoms with van der Waals surface area (Å²) in [6, 6.07) is -0.543. The van der Waals surface area contributed by atoms with Crippen molar-refractivity contribution in [2.45, 2.75) is 405 Å². The van der Waals surface area contributed by atoms with Crippen molar-refractivity contribution in [3.8, 4) is 0 Å². The summed E-state index contributed by atoms with van der Waals surface area (Å²) in [5.74, 6) is -0.0215. The maximum absolute atomic E-state index is 12.5. The van der Waals surface area contributed by atoms with Gasteiger partial charge in [-0.1, -0.05) is 341 Å². The first-order valence-corrected chi connectivity index (χ1v) is 34.4. The number of carbonyl (C=O) groups is 2. The number of hydrogen-bond donors (Lipinski definition) is 3. The molecule has 0 rings (SSSR count). The standard InChI is InChI=1S/C69H135NO5/c1-3-5-7-9-11-13-15-17-19-21-22-26-30-33-37-41-45-49-53-57-61-67(72)66(65-71)70-68(73)62-58-54-50-46-42-38-34-31-27-24-23-25-28-32-36-40-44-48-52-56-60-64-75-69(74)63-59-55-51-47-43-39-35-29-20-18-16-14-12-10-8-6-4-2/h18,20,66-67,71-72H,3-17,19,21-65H2,1-2H3,(H,70,73)/b20-18-. The van der Waals surface area contributed by atoms with E-state index in [-0.39, 0.29) is 18.5 Å². The minimum atomic E-state index is -0.665. The molecule has 2 unspecified atom stereocenters. The predicted molar refractivity (Wildman–Crippen MR) is 329 cm³/mol. The van der Waals surface area contributed by atoms with Crippen molar-refractivity contribution < 1.29 is 24.5 Å². The molecule has 1 amide bonds. The fraction of sp³-hybridized carbons (Fsp3) is 0.942. The monoisotopic (exact) mass is 1060 g/mol. The van der Waals surface area contributed by atoms with Crippen LogP contribution in [0.2, 0.25) is 0 Å². The number of aliphatic hydroxyl groups excluding tert-OH is 2. The summed E-state index contributed by atoms with van der Waals surface area (Å²) in [6.07, 6.45) is 79.5. The van der Waals surface area contributed by atoms with Crippen LogP contribution in [0.25, 0.3) is 0 Å². The van der Waals surface area contributed by atoms with E-state index in [2.05, 4.69) is 31.3 Å². The van der Waals surface area contributed by atoms with E-state index in [1.807, 2.05) is 0 Å². The first-order valence-electron chi connectivity index (χ1n) is 34.4. The van der Waals surface area contributed by atoms with E-state index in [0.29, 0.717) is 25.9 Å². The topological polar surface area (TPSA) is 95.9 Å². The third kappa shape index (κ3) is 61.7. The summed E-state index contributed by atoms with van der Waals surface area (Å²) in [5, 5.41) is 23.4. The molecule has 0 radical (unpaired) electrons. The molecule has 6 heteroatoms. The quantitative estimate of drug-likeness (QED) is 0.0320. The van der Waals surface area contributed by atoms with Gasteiger partial charge in [-0.25, -0.2) is 0 Å². The van der Waals surface area contributed by atoms with Crippen LogP contribution in [0.3, 0.4) is 0 Å². The maximum Gasteiger partial charge on any atom is 0.305 e. The van der Waals surface area contributed by atoms with Crippen molar-refractivity contribution >= 4 is 11.9 Å². The van der Waals surface area contributed by atoms with Crippen LogP contribution in [-0.2, 0) is 14.3 Å². The number of hydrogen-bond acceptors (Lipinski definition) is 5. The summed E-state index contributed by atoms with van der Waals surface area (Å²) in [6.45, 7) is 4.99. The zero-order valence-electron chi connectivity index (χ0n) is 51.1. The fourth-order valence-electron chi connectivity index (χ4n) is 11.1. The van der Waals surface area contributed by atoms with Crippen LogP contribution in [0.1, 0.15) is 393 Å². The molecule has 0 aliphatic heterocycles. The Balaban J connectivity index is 3.37. The van der Waals surface area contributed by atoms with Crippen LogP contribution in [0.4, 0.5) is 0 Å². The molecule has 0 spiro atoms. The molecule has 0 aliphatic carbocycles. The molecule has 0 aromatic heterocycles. The molecular formula is C69H135NO5. The Hall–Kier alpha value is -1.40. The lowest BCUT2D eigenvalue weighted by Crippen LogP contribution is -2.45. The summed E-state index contributed by atoms with van der Waals surface area (Å²) < 4.78 is 5.50. The number of ether oxygens (including phenoxy) is 1. The normalized spacial score (nSPS) is 12.5. The van der Waals surface area contributed by atoms with E-state index in [4.69, 9.17) is 4.74 Å². The third-order valence-corrected chi connectivity index (χ3v) is 16.3. The van der Waals surface area contributed by atoms with Crippen LogP contribution < -0.4 is 5.32 Å². The van der Waals surface area contributed by atoms with Gasteiger partial charge in [0.1, 0.15) is 0 Å². The van der Waals surface area contributed by atoms with Crippen molar-refractivity contribution in [1.29, 1.82) is 0 Å². The van der Waals surface area contributed by atoms with Gasteiger partial charge in [-0.2, -0.15) is 0 Å². The largest absolute Gasteiger partial charge is 0.466 e. The van der Waals surface area contributed by atoms with Gasteiger partial charge in [-0.05, 0) is 51.4 Å². The number of rotatable bonds is 65. The fourth-order valence-corrected chi connectivity index (χ4v) is 11.1. The molecule has 0 saturated heterocycles. The Kier molecular flexibility index (Phi) is 63.9. The van der Waals surface area contributed by atoms with Crippen molar-refractivity contribution in [1.82, 2.24) is 5.32 Å². The first-order chi connectivity index (χ1) is 37.0. The van der Waals surface area contributed by atoms with Gasteiger partial charge in [0.25, 0.3) is 0 Å². The number of carbonyl (C=O) groups excluding carboxylic acids is 2. The highest BCUT2D eigenvalue weighted by Crippen LogP contribution is 2.19. The van der Waals surface area contributed by atoms with E-state index in [0.717, 1.165) is 44.9 Å². The summed E-state index contributed by atoms with van der Waals surface area (Å²) in [7, 11) is 0. The second kappa shape index (κ2) is 65.1. The molecule has 6 nitrogen and oxygen atoms in total. The van der Waals surface area contributed by atoms with E-state index >= 15 is 0 Å². The molecule has 0 aliphatic rings. The molecule has 2 atom stereocenters. The van der Waals surface area contributed by atoms with Gasteiger partial charge in [-0.15, -0.1) is 0 Å². The van der Waals surface area contributed by atoms with E-state index < -0.39 is 12.1 Å². The molecule has 0 saturated carbocycles. The molecular weight excluding hydrogens is 923 g/mol. The lowest BCUT2D eigenvalue weighted by atomic mass is 10.0. The van der Waals surface area contributed by atoms with Crippen LogP contribution in [0.5, 0.6) is 0 Å². The Morgan fingerprint density at radius 2 is 0.627 bits per heavy atom. The Bertz CT molecular complexity index is 1130. The van der Waals surface area contributed by atoms with E-state index in [1.54, 1.807) is 0 Å². The average molecular weight is 1060 g/mol. The molecule has 3 N–H and O–H groups in total. The summed E-state index contributed by atoms with van der Waals surface area (Å²) in [4.78, 5) is 24.6. The Morgan fingerprint density at radius 1 is 0.360 bits per heavy atom. The molecule has 0 heterocycles. The molecule has 446 valence electrons. The zero-order chi connectivity index (χ0) is 54.3. The molecule has 75 heavy (non-hydrogen) atoms. The van der Waals surface area contributed by atoms with Gasteiger partial charge in [0.05, 0.1) is 25.4 Å². The van der Waals surface area contributed by atoms with Crippen LogP contribution in [0, 0.1) is 0 Å². The highest BCUT2D eigenvalue weighted by molar-refractivity contribution is 5.76. The van der Waals surface area contributed by atoms with E-state index in [9.17, 15) is 19.8 Å². The number of unbranched alkanes of at least 4 members (excludes halogenated alkanes) is 52. The minimum Gasteiger partial charge on any atom is -0.466 e. The van der Waals surface area contributed by atoms with Crippen molar-refractivity contribution in [2.24, 2.45) is 0 Å². The summed E-state index contributed by atoms with van der Waals surface area (Å²) >= 11 is 0. The number of amides is 1. The SMILES string of the molecule is CCCCCCCC/C=C\CCCCCCCCCC(=O)OCCCCCCCCCCCCCCCCCCCCCCCC(=O)NC(CO)C(O)CCCCCCCCCCCCCCCCCCCCCC. The zero-order valence-corrected chi connectivity index (χ0v) is 51.1. The minimum absolute atomic E-state index is 0.00995. The highest BCUT2D eigenvalue weighted by Gasteiger charge is 2.20. The van der Waals surface area contributed by atoms with Crippen LogP contribution in [-0.4, -0.2) is 47.4 Å². The second-order valence-corrected chi connectivity index (χ2v) is 23.9. The number of aliphatic hydroxyl groups is 2. The Morgan fingerprint density at radius 3 is 0.947 bits per heavy atom.